The van der Waals surface area contributed by atoms with Crippen molar-refractivity contribution >= 4 is 5.91 Å². The minimum absolute atomic E-state index is 0.00102. The van der Waals surface area contributed by atoms with Crippen molar-refractivity contribution in [2.45, 2.75) is 38.0 Å². The first-order valence-electron chi connectivity index (χ1n) is 7.12. The fourth-order valence-corrected chi connectivity index (χ4v) is 2.69. The van der Waals surface area contributed by atoms with Gasteiger partial charge < -0.3 is 20.1 Å². The first-order valence-corrected chi connectivity index (χ1v) is 7.12. The van der Waals surface area contributed by atoms with Gasteiger partial charge in [0.15, 0.2) is 11.5 Å². The van der Waals surface area contributed by atoms with Gasteiger partial charge in [0, 0.05) is 19.1 Å². The Morgan fingerprint density at radius 1 is 1.20 bits per heavy atom. The van der Waals surface area contributed by atoms with Crippen molar-refractivity contribution in [3.63, 3.8) is 0 Å². The molecule has 5 nitrogen and oxygen atoms in total. The number of carbonyl (C=O) groups excluding carboxylic acids is 1. The van der Waals surface area contributed by atoms with Crippen LogP contribution >= 0.6 is 0 Å². The average molecular weight is 276 g/mol. The monoisotopic (exact) mass is 276 g/mol. The van der Waals surface area contributed by atoms with Gasteiger partial charge in [-0.25, -0.2) is 0 Å². The third-order valence-corrected chi connectivity index (χ3v) is 3.94. The molecular formula is C15H20N2O3. The molecule has 2 N–H and O–H groups in total. The number of hydrogen-bond donors (Lipinski definition) is 1. The van der Waals surface area contributed by atoms with Gasteiger partial charge in [-0.05, 0) is 31.9 Å². The second-order valence-corrected chi connectivity index (χ2v) is 5.47. The molecule has 1 aromatic rings. The highest BCUT2D eigenvalue weighted by Crippen LogP contribution is 2.34. The van der Waals surface area contributed by atoms with Gasteiger partial charge in [-0.2, -0.15) is 0 Å². The lowest BCUT2D eigenvalue weighted by molar-refractivity contribution is -0.145. The number of nitrogens with zero attached hydrogens (tertiary/aromatic N) is 1. The second kappa shape index (κ2) is 5.32. The Kier molecular flexibility index (Phi) is 3.53. The summed E-state index contributed by atoms with van der Waals surface area (Å²) in [5.74, 6) is 1.33. The van der Waals surface area contributed by atoms with Crippen LogP contribution in [0.3, 0.4) is 0 Å². The molecule has 1 fully saturated rings. The van der Waals surface area contributed by atoms with E-state index in [0.29, 0.717) is 24.6 Å². The zero-order chi connectivity index (χ0) is 14.1. The Bertz CT molecular complexity index is 498. The maximum absolute atomic E-state index is 12.6. The summed E-state index contributed by atoms with van der Waals surface area (Å²) in [6.07, 6.45) is 0.849. The molecule has 1 aromatic carbocycles. The highest BCUT2D eigenvalue weighted by molar-refractivity contribution is 5.82. The highest BCUT2D eigenvalue weighted by atomic mass is 16.6. The predicted octanol–water partition coefficient (Wildman–Crippen LogP) is 1.16. The van der Waals surface area contributed by atoms with E-state index in [2.05, 4.69) is 0 Å². The van der Waals surface area contributed by atoms with Crippen molar-refractivity contribution in [1.29, 1.82) is 0 Å². The zero-order valence-electron chi connectivity index (χ0n) is 11.6. The Morgan fingerprint density at radius 2 is 1.80 bits per heavy atom. The Hall–Kier alpha value is -1.75. The fraction of sp³-hybridized carbons (Fsp3) is 0.533. The van der Waals surface area contributed by atoms with Gasteiger partial charge in [0.2, 0.25) is 6.10 Å². The van der Waals surface area contributed by atoms with E-state index in [1.54, 1.807) is 0 Å². The number of hydrogen-bond acceptors (Lipinski definition) is 4. The van der Waals surface area contributed by atoms with Crippen LogP contribution < -0.4 is 15.2 Å². The second-order valence-electron chi connectivity index (χ2n) is 5.47. The van der Waals surface area contributed by atoms with E-state index < -0.39 is 6.10 Å². The number of ether oxygens (including phenoxy) is 2. The molecule has 3 rings (SSSR count). The number of amides is 1. The minimum atomic E-state index is -0.570. The lowest BCUT2D eigenvalue weighted by atomic mass is 10.0. The van der Waals surface area contributed by atoms with Crippen molar-refractivity contribution in [2.75, 3.05) is 13.1 Å². The van der Waals surface area contributed by atoms with Crippen LogP contribution in [0.2, 0.25) is 0 Å². The fourth-order valence-electron chi connectivity index (χ4n) is 2.69. The standard InChI is InChI=1S/C15H20N2O3/c1-10-14(15(18)17-8-6-11(16)7-9-17)20-13-5-3-2-4-12(13)19-10/h2-5,10-11,14H,6-9,16H2,1H3. The lowest BCUT2D eigenvalue weighted by Crippen LogP contribution is -2.53. The lowest BCUT2D eigenvalue weighted by Gasteiger charge is -2.36. The highest BCUT2D eigenvalue weighted by Gasteiger charge is 2.37. The van der Waals surface area contributed by atoms with Crippen LogP contribution in [0, 0.1) is 0 Å². The zero-order valence-corrected chi connectivity index (χ0v) is 11.6. The van der Waals surface area contributed by atoms with Crippen molar-refractivity contribution in [3.8, 4) is 11.5 Å². The molecule has 2 aliphatic rings. The van der Waals surface area contributed by atoms with Gasteiger partial charge in [-0.1, -0.05) is 12.1 Å². The molecule has 0 spiro atoms. The first-order chi connectivity index (χ1) is 9.65. The van der Waals surface area contributed by atoms with E-state index >= 15 is 0 Å². The Morgan fingerprint density at radius 3 is 2.45 bits per heavy atom. The van der Waals surface area contributed by atoms with Crippen LogP contribution in [0.25, 0.3) is 0 Å². The molecule has 0 bridgehead atoms. The summed E-state index contributed by atoms with van der Waals surface area (Å²) in [4.78, 5) is 14.4. The van der Waals surface area contributed by atoms with Gasteiger partial charge in [0.1, 0.15) is 6.10 Å². The maximum Gasteiger partial charge on any atom is 0.267 e. The molecule has 5 heteroatoms. The van der Waals surface area contributed by atoms with E-state index in [9.17, 15) is 4.79 Å². The van der Waals surface area contributed by atoms with Crippen molar-refractivity contribution in [1.82, 2.24) is 4.90 Å². The van der Waals surface area contributed by atoms with Gasteiger partial charge in [0.25, 0.3) is 5.91 Å². The van der Waals surface area contributed by atoms with E-state index in [4.69, 9.17) is 15.2 Å². The van der Waals surface area contributed by atoms with Crippen LogP contribution in [0.4, 0.5) is 0 Å². The van der Waals surface area contributed by atoms with Gasteiger partial charge in [-0.3, -0.25) is 4.79 Å². The van der Waals surface area contributed by atoms with Crippen LogP contribution in [0.1, 0.15) is 19.8 Å². The number of para-hydroxylation sites is 2. The molecule has 2 atom stereocenters. The number of likely N-dealkylation sites (tertiary alicyclic amines) is 1. The maximum atomic E-state index is 12.6. The predicted molar refractivity (Wildman–Crippen MR) is 74.7 cm³/mol. The summed E-state index contributed by atoms with van der Waals surface area (Å²) in [7, 11) is 0. The molecule has 2 aliphatic heterocycles. The third kappa shape index (κ3) is 2.45. The SMILES string of the molecule is CC1Oc2ccccc2OC1C(=O)N1CCC(N)CC1. The molecule has 0 aromatic heterocycles. The molecule has 0 aliphatic carbocycles. The molecule has 2 heterocycles. The molecule has 2 unspecified atom stereocenters. The summed E-state index contributed by atoms with van der Waals surface area (Å²) < 4.78 is 11.6. The minimum Gasteiger partial charge on any atom is -0.482 e. The number of nitrogens with two attached hydrogens (primary N) is 1. The summed E-state index contributed by atoms with van der Waals surface area (Å²) in [6, 6.07) is 7.66. The average Bonchev–Trinajstić information content (AvgIpc) is 2.46. The largest absolute Gasteiger partial charge is 0.482 e. The van der Waals surface area contributed by atoms with Crippen molar-refractivity contribution < 1.29 is 14.3 Å². The number of fused-ring (bicyclic) bond motifs is 1. The Labute approximate surface area is 118 Å². The quantitative estimate of drug-likeness (QED) is 0.836. The van der Waals surface area contributed by atoms with Crippen molar-refractivity contribution in [2.24, 2.45) is 5.73 Å². The van der Waals surface area contributed by atoms with Crippen LogP contribution in [0.5, 0.6) is 11.5 Å². The molecule has 20 heavy (non-hydrogen) atoms. The number of benzene rings is 1. The van der Waals surface area contributed by atoms with Crippen LogP contribution in [-0.2, 0) is 4.79 Å². The normalized spacial score (nSPS) is 26.4. The third-order valence-electron chi connectivity index (χ3n) is 3.94. The topological polar surface area (TPSA) is 64.8 Å². The van der Waals surface area contributed by atoms with E-state index in [-0.39, 0.29) is 18.1 Å². The summed E-state index contributed by atoms with van der Waals surface area (Å²) in [6.45, 7) is 3.27. The van der Waals surface area contributed by atoms with E-state index in [0.717, 1.165) is 12.8 Å². The number of carbonyl (C=O) groups is 1. The van der Waals surface area contributed by atoms with E-state index in [1.165, 1.54) is 0 Å². The van der Waals surface area contributed by atoms with Gasteiger partial charge in [-0.15, -0.1) is 0 Å². The molecular weight excluding hydrogens is 256 g/mol. The molecule has 1 saturated heterocycles. The van der Waals surface area contributed by atoms with E-state index in [1.807, 2.05) is 36.1 Å². The number of piperidine rings is 1. The molecule has 0 radical (unpaired) electrons. The Balaban J connectivity index is 1.72. The molecule has 0 saturated carbocycles. The summed E-state index contributed by atoms with van der Waals surface area (Å²) >= 11 is 0. The molecule has 1 amide bonds. The first kappa shape index (κ1) is 13.2. The van der Waals surface area contributed by atoms with Crippen LogP contribution in [-0.4, -0.2) is 42.1 Å². The summed E-state index contributed by atoms with van der Waals surface area (Å²) in [5.41, 5.74) is 5.87. The number of rotatable bonds is 1. The smallest absolute Gasteiger partial charge is 0.267 e. The molecule has 108 valence electrons. The summed E-state index contributed by atoms with van der Waals surface area (Å²) in [5, 5.41) is 0. The van der Waals surface area contributed by atoms with Crippen molar-refractivity contribution in [3.05, 3.63) is 24.3 Å². The van der Waals surface area contributed by atoms with Crippen LogP contribution in [0.15, 0.2) is 24.3 Å². The van der Waals surface area contributed by atoms with Gasteiger partial charge >= 0.3 is 0 Å². The van der Waals surface area contributed by atoms with Gasteiger partial charge in [0.05, 0.1) is 0 Å².